The second-order valence-corrected chi connectivity index (χ2v) is 6.80. The molecule has 0 saturated heterocycles. The van der Waals surface area contributed by atoms with Crippen LogP contribution in [-0.2, 0) is 4.79 Å². The fourth-order valence-corrected chi connectivity index (χ4v) is 2.90. The molecule has 3 aromatic rings. The molecule has 2 amide bonds. The van der Waals surface area contributed by atoms with Crippen LogP contribution < -0.4 is 15.4 Å². The van der Waals surface area contributed by atoms with Crippen molar-refractivity contribution in [3.63, 3.8) is 0 Å². The van der Waals surface area contributed by atoms with Crippen LogP contribution in [-0.4, -0.2) is 23.4 Å². The molecular weight excluding hydrogens is 362 g/mol. The minimum absolute atomic E-state index is 0.0867. The quantitative estimate of drug-likeness (QED) is 0.676. The van der Waals surface area contributed by atoms with E-state index in [0.29, 0.717) is 22.1 Å². The zero-order chi connectivity index (χ0) is 19.2. The molecule has 0 aliphatic rings. The number of carbonyl (C=O) groups excluding carboxylic acids is 2. The molecule has 1 aromatic heterocycles. The standard InChI is InChI=1S/C20H19N3O3S/c1-13-4-3-5-17(14(13)2)26-12-18(24)22-16-8-6-15(7-9-16)19(25)23-20-21-10-11-27-20/h3-11H,12H2,1-2H3,(H,22,24)(H,21,23,25). The predicted molar refractivity (Wildman–Crippen MR) is 107 cm³/mol. The summed E-state index contributed by atoms with van der Waals surface area (Å²) < 4.78 is 5.59. The van der Waals surface area contributed by atoms with Crippen LogP contribution in [0.3, 0.4) is 0 Å². The van der Waals surface area contributed by atoms with Crippen molar-refractivity contribution < 1.29 is 14.3 Å². The van der Waals surface area contributed by atoms with Crippen molar-refractivity contribution in [1.29, 1.82) is 0 Å². The Labute approximate surface area is 161 Å². The van der Waals surface area contributed by atoms with Gasteiger partial charge in [-0.15, -0.1) is 11.3 Å². The van der Waals surface area contributed by atoms with Crippen LogP contribution >= 0.6 is 11.3 Å². The van der Waals surface area contributed by atoms with Crippen LogP contribution in [0, 0.1) is 13.8 Å². The summed E-state index contributed by atoms with van der Waals surface area (Å²) in [4.78, 5) is 28.2. The van der Waals surface area contributed by atoms with Gasteiger partial charge in [0.25, 0.3) is 11.8 Å². The molecule has 7 heteroatoms. The lowest BCUT2D eigenvalue weighted by Gasteiger charge is -2.11. The lowest BCUT2D eigenvalue weighted by Crippen LogP contribution is -2.20. The number of amides is 2. The van der Waals surface area contributed by atoms with Gasteiger partial charge in [0.2, 0.25) is 0 Å². The van der Waals surface area contributed by atoms with E-state index in [1.54, 1.807) is 35.8 Å². The van der Waals surface area contributed by atoms with Crippen LogP contribution in [0.5, 0.6) is 5.75 Å². The van der Waals surface area contributed by atoms with Gasteiger partial charge in [-0.2, -0.15) is 0 Å². The van der Waals surface area contributed by atoms with Crippen molar-refractivity contribution in [3.8, 4) is 5.75 Å². The Balaban J connectivity index is 1.53. The molecule has 0 aliphatic heterocycles. The topological polar surface area (TPSA) is 80.3 Å². The number of aryl methyl sites for hydroxylation is 1. The number of aromatic nitrogens is 1. The van der Waals surface area contributed by atoms with E-state index in [9.17, 15) is 9.59 Å². The summed E-state index contributed by atoms with van der Waals surface area (Å²) in [5, 5.41) is 7.79. The largest absolute Gasteiger partial charge is 0.483 e. The number of anilines is 2. The Bertz CT molecular complexity index is 938. The summed E-state index contributed by atoms with van der Waals surface area (Å²) in [6, 6.07) is 12.4. The minimum Gasteiger partial charge on any atom is -0.483 e. The number of nitrogens with one attached hydrogen (secondary N) is 2. The number of ether oxygens (including phenoxy) is 1. The van der Waals surface area contributed by atoms with E-state index in [-0.39, 0.29) is 18.4 Å². The first-order chi connectivity index (χ1) is 13.0. The Hall–Kier alpha value is -3.19. The molecule has 0 atom stereocenters. The first-order valence-corrected chi connectivity index (χ1v) is 9.20. The highest BCUT2D eigenvalue weighted by Gasteiger charge is 2.09. The molecule has 2 aromatic carbocycles. The zero-order valence-corrected chi connectivity index (χ0v) is 15.8. The van der Waals surface area contributed by atoms with Gasteiger partial charge in [0, 0.05) is 22.8 Å². The van der Waals surface area contributed by atoms with Crippen LogP contribution in [0.1, 0.15) is 21.5 Å². The third-order valence-corrected chi connectivity index (χ3v) is 4.69. The van der Waals surface area contributed by atoms with Crippen molar-refractivity contribution in [2.45, 2.75) is 13.8 Å². The van der Waals surface area contributed by atoms with Gasteiger partial charge in [-0.3, -0.25) is 14.9 Å². The molecule has 0 saturated carbocycles. The Kier molecular flexibility index (Phi) is 5.83. The van der Waals surface area contributed by atoms with E-state index >= 15 is 0 Å². The number of hydrogen-bond acceptors (Lipinski definition) is 5. The number of thiazole rings is 1. The molecule has 138 valence electrons. The zero-order valence-electron chi connectivity index (χ0n) is 15.0. The number of hydrogen-bond donors (Lipinski definition) is 2. The molecule has 2 N–H and O–H groups in total. The summed E-state index contributed by atoms with van der Waals surface area (Å²) in [6.45, 7) is 3.86. The van der Waals surface area contributed by atoms with Crippen LogP contribution in [0.4, 0.5) is 10.8 Å². The highest BCUT2D eigenvalue weighted by atomic mass is 32.1. The fourth-order valence-electron chi connectivity index (χ4n) is 2.38. The van der Waals surface area contributed by atoms with Crippen molar-refractivity contribution in [3.05, 3.63) is 70.7 Å². The smallest absolute Gasteiger partial charge is 0.262 e. The van der Waals surface area contributed by atoms with Gasteiger partial charge in [-0.1, -0.05) is 12.1 Å². The molecule has 0 radical (unpaired) electrons. The molecule has 27 heavy (non-hydrogen) atoms. The van der Waals surface area contributed by atoms with E-state index in [1.807, 2.05) is 32.0 Å². The monoisotopic (exact) mass is 381 g/mol. The number of rotatable bonds is 6. The maximum atomic E-state index is 12.1. The number of nitrogens with zero attached hydrogens (tertiary/aromatic N) is 1. The van der Waals surface area contributed by atoms with E-state index in [1.165, 1.54) is 11.3 Å². The Morgan fingerprint density at radius 3 is 2.56 bits per heavy atom. The van der Waals surface area contributed by atoms with Crippen LogP contribution in [0.2, 0.25) is 0 Å². The van der Waals surface area contributed by atoms with Gasteiger partial charge in [0.05, 0.1) is 0 Å². The molecule has 1 heterocycles. The summed E-state index contributed by atoms with van der Waals surface area (Å²) >= 11 is 1.35. The van der Waals surface area contributed by atoms with Gasteiger partial charge in [0.15, 0.2) is 11.7 Å². The van der Waals surface area contributed by atoms with E-state index in [4.69, 9.17) is 4.74 Å². The first kappa shape index (κ1) is 18.6. The predicted octanol–water partition coefficient (Wildman–Crippen LogP) is 4.03. The van der Waals surface area contributed by atoms with E-state index in [2.05, 4.69) is 15.6 Å². The third-order valence-electron chi connectivity index (χ3n) is 4.00. The maximum absolute atomic E-state index is 12.1. The van der Waals surface area contributed by atoms with Crippen LogP contribution in [0.25, 0.3) is 0 Å². The van der Waals surface area contributed by atoms with Crippen molar-refractivity contribution in [2.75, 3.05) is 17.2 Å². The second kappa shape index (κ2) is 8.46. The SMILES string of the molecule is Cc1cccc(OCC(=O)Nc2ccc(C(=O)Nc3nccs3)cc2)c1C. The number of carbonyl (C=O) groups is 2. The molecule has 0 fully saturated rings. The van der Waals surface area contributed by atoms with Gasteiger partial charge in [-0.05, 0) is 55.3 Å². The average Bonchev–Trinajstić information content (AvgIpc) is 3.16. The number of benzene rings is 2. The van der Waals surface area contributed by atoms with E-state index in [0.717, 1.165) is 11.1 Å². The molecular formula is C20H19N3O3S. The van der Waals surface area contributed by atoms with Crippen LogP contribution in [0.15, 0.2) is 54.0 Å². The van der Waals surface area contributed by atoms with Gasteiger partial charge >= 0.3 is 0 Å². The fraction of sp³-hybridized carbons (Fsp3) is 0.150. The highest BCUT2D eigenvalue weighted by molar-refractivity contribution is 7.13. The maximum Gasteiger partial charge on any atom is 0.262 e. The van der Waals surface area contributed by atoms with Crippen molar-refractivity contribution >= 4 is 34.0 Å². The molecule has 0 bridgehead atoms. The lowest BCUT2D eigenvalue weighted by molar-refractivity contribution is -0.118. The van der Waals surface area contributed by atoms with Crippen molar-refractivity contribution in [1.82, 2.24) is 4.98 Å². The van der Waals surface area contributed by atoms with E-state index < -0.39 is 0 Å². The Morgan fingerprint density at radius 2 is 1.85 bits per heavy atom. The average molecular weight is 381 g/mol. The summed E-state index contributed by atoms with van der Waals surface area (Å²) in [7, 11) is 0. The normalized spacial score (nSPS) is 10.3. The highest BCUT2D eigenvalue weighted by Crippen LogP contribution is 2.20. The molecule has 0 unspecified atom stereocenters. The van der Waals surface area contributed by atoms with Gasteiger partial charge < -0.3 is 10.1 Å². The molecule has 6 nitrogen and oxygen atoms in total. The summed E-state index contributed by atoms with van der Waals surface area (Å²) in [5.74, 6) is 0.177. The molecule has 0 spiro atoms. The summed E-state index contributed by atoms with van der Waals surface area (Å²) in [6.07, 6.45) is 1.62. The third kappa shape index (κ3) is 4.92. The van der Waals surface area contributed by atoms with Gasteiger partial charge in [0.1, 0.15) is 5.75 Å². The first-order valence-electron chi connectivity index (χ1n) is 8.32. The minimum atomic E-state index is -0.268. The molecule has 0 aliphatic carbocycles. The van der Waals surface area contributed by atoms with Gasteiger partial charge in [-0.25, -0.2) is 4.98 Å². The summed E-state index contributed by atoms with van der Waals surface area (Å²) in [5.41, 5.74) is 3.20. The Morgan fingerprint density at radius 1 is 1.07 bits per heavy atom. The lowest BCUT2D eigenvalue weighted by atomic mass is 10.1. The molecule has 3 rings (SSSR count). The second-order valence-electron chi connectivity index (χ2n) is 5.90. The van der Waals surface area contributed by atoms with Crippen molar-refractivity contribution in [2.24, 2.45) is 0 Å².